The van der Waals surface area contributed by atoms with Crippen LogP contribution in [0.5, 0.6) is 5.75 Å². The Morgan fingerprint density at radius 1 is 1.10 bits per heavy atom. The van der Waals surface area contributed by atoms with E-state index >= 15 is 0 Å². The van der Waals surface area contributed by atoms with E-state index in [-0.39, 0.29) is 11.2 Å². The van der Waals surface area contributed by atoms with Gasteiger partial charge in [-0.1, -0.05) is 42.6 Å². The van der Waals surface area contributed by atoms with Crippen LogP contribution in [0.2, 0.25) is 0 Å². The Bertz CT molecular complexity index is 934. The van der Waals surface area contributed by atoms with E-state index in [1.807, 2.05) is 69.3 Å². The summed E-state index contributed by atoms with van der Waals surface area (Å²) in [6, 6.07) is 15.4. The molecule has 0 aromatic heterocycles. The van der Waals surface area contributed by atoms with Gasteiger partial charge in [0.2, 0.25) is 5.91 Å². The maximum atomic E-state index is 11.8. The van der Waals surface area contributed by atoms with Crippen molar-refractivity contribution < 1.29 is 19.1 Å². The van der Waals surface area contributed by atoms with Gasteiger partial charge in [0.25, 0.3) is 0 Å². The summed E-state index contributed by atoms with van der Waals surface area (Å²) in [5.41, 5.74) is 2.35. The largest absolute Gasteiger partial charge is 0.493 e. The number of amides is 2. The van der Waals surface area contributed by atoms with Gasteiger partial charge in [-0.15, -0.1) is 0 Å². The molecule has 0 bridgehead atoms. The van der Waals surface area contributed by atoms with Crippen molar-refractivity contribution in [2.24, 2.45) is 0 Å². The number of hydrogen-bond acceptors (Lipinski definition) is 5. The number of ether oxygens (including phenoxy) is 2. The molecule has 2 amide bonds. The Hall–Kier alpha value is -2.93. The summed E-state index contributed by atoms with van der Waals surface area (Å²) in [5, 5.41) is 6.05. The summed E-state index contributed by atoms with van der Waals surface area (Å²) in [6.07, 6.45) is 0.943. The quantitative estimate of drug-likeness (QED) is 0.640. The molecule has 2 aromatic carbocycles. The van der Waals surface area contributed by atoms with Gasteiger partial charge in [0.1, 0.15) is 11.4 Å². The molecule has 2 aromatic rings. The second-order valence-electron chi connectivity index (χ2n) is 8.29. The zero-order valence-electron chi connectivity index (χ0n) is 18.1. The van der Waals surface area contributed by atoms with Crippen LogP contribution >= 0.6 is 11.8 Å². The molecule has 2 N–H and O–H groups in total. The molecule has 1 aliphatic heterocycles. The molecule has 1 saturated heterocycles. The fraction of sp³-hybridized carbons (Fsp3) is 0.333. The Morgan fingerprint density at radius 2 is 1.74 bits per heavy atom. The molecule has 164 valence electrons. The van der Waals surface area contributed by atoms with Crippen molar-refractivity contribution in [3.8, 4) is 5.75 Å². The van der Waals surface area contributed by atoms with Gasteiger partial charge in [-0.05, 0) is 62.6 Å². The average molecular weight is 441 g/mol. The molecular formula is C24H28N2O4S. The first kappa shape index (κ1) is 22.7. The first-order valence-corrected chi connectivity index (χ1v) is 11.0. The number of nitrogens with one attached hydrogen (secondary N) is 2. The van der Waals surface area contributed by atoms with Crippen LogP contribution in [-0.4, -0.2) is 29.5 Å². The number of benzene rings is 2. The molecule has 1 aliphatic rings. The van der Waals surface area contributed by atoms with Crippen LogP contribution in [0.4, 0.5) is 10.5 Å². The fourth-order valence-corrected chi connectivity index (χ4v) is 3.95. The predicted octanol–water partition coefficient (Wildman–Crippen LogP) is 4.90. The molecule has 0 saturated carbocycles. The molecule has 1 atom stereocenters. The number of thioether (sulfide) groups is 1. The first-order chi connectivity index (χ1) is 14.7. The summed E-state index contributed by atoms with van der Waals surface area (Å²) in [4.78, 5) is 23.6. The lowest BCUT2D eigenvalue weighted by Crippen LogP contribution is -2.27. The summed E-state index contributed by atoms with van der Waals surface area (Å²) >= 11 is 1.47. The van der Waals surface area contributed by atoms with Gasteiger partial charge < -0.3 is 14.8 Å². The van der Waals surface area contributed by atoms with Crippen molar-refractivity contribution in [2.75, 3.05) is 11.9 Å². The number of hydrogen-bond donors (Lipinski definition) is 2. The maximum Gasteiger partial charge on any atom is 0.412 e. The van der Waals surface area contributed by atoms with E-state index < -0.39 is 11.7 Å². The minimum atomic E-state index is -0.529. The zero-order chi connectivity index (χ0) is 22.4. The standard InChI is InChI=1S/C24H28N2O4S/c1-16-25-22(27)21(31-16)15-18-7-11-20(12-8-18)29-14-13-17-5-9-19(10-6-17)26-23(28)30-24(2,3)4/h5-12,21H,1,13-15H2,2-4H3,(H,25,27)(H,26,28). The molecule has 6 nitrogen and oxygen atoms in total. The van der Waals surface area contributed by atoms with Crippen LogP contribution in [0, 0.1) is 0 Å². The highest BCUT2D eigenvalue weighted by atomic mass is 32.2. The van der Waals surface area contributed by atoms with Gasteiger partial charge >= 0.3 is 6.09 Å². The molecule has 1 fully saturated rings. The predicted molar refractivity (Wildman–Crippen MR) is 124 cm³/mol. The number of carbonyl (C=O) groups is 2. The molecule has 3 rings (SSSR count). The number of rotatable bonds is 7. The van der Waals surface area contributed by atoms with Gasteiger partial charge in [-0.3, -0.25) is 10.1 Å². The summed E-state index contributed by atoms with van der Waals surface area (Å²) in [6.45, 7) is 9.81. The van der Waals surface area contributed by atoms with E-state index in [0.717, 1.165) is 23.3 Å². The molecule has 1 unspecified atom stereocenters. The van der Waals surface area contributed by atoms with E-state index in [1.54, 1.807) is 0 Å². The molecule has 31 heavy (non-hydrogen) atoms. The summed E-state index contributed by atoms with van der Waals surface area (Å²) in [5.74, 6) is 0.808. The Labute approximate surface area is 187 Å². The highest BCUT2D eigenvalue weighted by Gasteiger charge is 2.27. The van der Waals surface area contributed by atoms with E-state index in [0.29, 0.717) is 23.7 Å². The van der Waals surface area contributed by atoms with Crippen molar-refractivity contribution >= 4 is 29.4 Å². The topological polar surface area (TPSA) is 76.7 Å². The minimum Gasteiger partial charge on any atom is -0.493 e. The monoisotopic (exact) mass is 440 g/mol. The van der Waals surface area contributed by atoms with Crippen molar-refractivity contribution in [3.05, 3.63) is 71.3 Å². The van der Waals surface area contributed by atoms with Crippen molar-refractivity contribution in [1.82, 2.24) is 5.32 Å². The van der Waals surface area contributed by atoms with Crippen molar-refractivity contribution in [3.63, 3.8) is 0 Å². The lowest BCUT2D eigenvalue weighted by Gasteiger charge is -2.19. The fourth-order valence-electron chi connectivity index (χ4n) is 3.01. The Morgan fingerprint density at radius 3 is 2.32 bits per heavy atom. The van der Waals surface area contributed by atoms with Crippen LogP contribution in [0.25, 0.3) is 0 Å². The Balaban J connectivity index is 1.42. The summed E-state index contributed by atoms with van der Waals surface area (Å²) < 4.78 is 11.1. The van der Waals surface area contributed by atoms with Gasteiger partial charge in [-0.25, -0.2) is 4.79 Å². The third-order valence-corrected chi connectivity index (χ3v) is 5.49. The van der Waals surface area contributed by atoms with Crippen LogP contribution in [0.15, 0.2) is 60.1 Å². The lowest BCUT2D eigenvalue weighted by molar-refractivity contribution is -0.119. The van der Waals surface area contributed by atoms with Crippen LogP contribution in [-0.2, 0) is 22.4 Å². The molecule has 0 aliphatic carbocycles. The highest BCUT2D eigenvalue weighted by Crippen LogP contribution is 2.28. The van der Waals surface area contributed by atoms with Gasteiger partial charge in [0.05, 0.1) is 16.9 Å². The van der Waals surface area contributed by atoms with Gasteiger partial charge in [0.15, 0.2) is 0 Å². The molecule has 0 radical (unpaired) electrons. The smallest absolute Gasteiger partial charge is 0.412 e. The lowest BCUT2D eigenvalue weighted by atomic mass is 10.1. The Kier molecular flexibility index (Phi) is 7.28. The normalized spacial score (nSPS) is 16.0. The highest BCUT2D eigenvalue weighted by molar-refractivity contribution is 8.04. The van der Waals surface area contributed by atoms with Gasteiger partial charge in [-0.2, -0.15) is 0 Å². The maximum absolute atomic E-state index is 11.8. The third-order valence-electron chi connectivity index (χ3n) is 4.44. The second kappa shape index (κ2) is 9.92. The zero-order valence-corrected chi connectivity index (χ0v) is 18.9. The average Bonchev–Trinajstić information content (AvgIpc) is 3.00. The minimum absolute atomic E-state index is 0.0163. The van der Waals surface area contributed by atoms with E-state index in [4.69, 9.17) is 9.47 Å². The van der Waals surface area contributed by atoms with Crippen molar-refractivity contribution in [1.29, 1.82) is 0 Å². The van der Waals surface area contributed by atoms with Crippen LogP contribution in [0.3, 0.4) is 0 Å². The number of anilines is 1. The molecule has 1 heterocycles. The molecule has 7 heteroatoms. The van der Waals surface area contributed by atoms with Crippen LogP contribution < -0.4 is 15.4 Å². The number of carbonyl (C=O) groups excluding carboxylic acids is 2. The van der Waals surface area contributed by atoms with Crippen LogP contribution in [0.1, 0.15) is 31.9 Å². The molecule has 0 spiro atoms. The first-order valence-electron chi connectivity index (χ1n) is 10.1. The third kappa shape index (κ3) is 7.36. The van der Waals surface area contributed by atoms with E-state index in [1.165, 1.54) is 11.8 Å². The SMILES string of the molecule is C=C1NC(=O)C(Cc2ccc(OCCc3ccc(NC(=O)OC(C)(C)C)cc3)cc2)S1. The van der Waals surface area contributed by atoms with Gasteiger partial charge in [0, 0.05) is 12.1 Å². The van der Waals surface area contributed by atoms with Crippen molar-refractivity contribution in [2.45, 2.75) is 44.5 Å². The molecular weight excluding hydrogens is 412 g/mol. The second-order valence-corrected chi connectivity index (χ2v) is 9.59. The van der Waals surface area contributed by atoms with E-state index in [2.05, 4.69) is 17.2 Å². The van der Waals surface area contributed by atoms with E-state index in [9.17, 15) is 9.59 Å². The summed E-state index contributed by atoms with van der Waals surface area (Å²) in [7, 11) is 0.